The Morgan fingerprint density at radius 1 is 1.38 bits per heavy atom. The Bertz CT molecular complexity index is 937. The van der Waals surface area contributed by atoms with Gasteiger partial charge in [-0.05, 0) is 18.2 Å². The zero-order valence-electron chi connectivity index (χ0n) is 13.4. The van der Waals surface area contributed by atoms with E-state index in [1.54, 1.807) is 0 Å². The number of hydrogen-bond donors (Lipinski definition) is 0. The first kappa shape index (κ1) is 19.4. The van der Waals surface area contributed by atoms with Gasteiger partial charge in [-0.2, -0.15) is 5.26 Å². The Hall–Kier alpha value is -2.92. The summed E-state index contributed by atoms with van der Waals surface area (Å²) in [5.74, 6) is -1.80. The Morgan fingerprint density at radius 3 is 2.62 bits per heavy atom. The number of hydrogen-bond acceptors (Lipinski definition) is 5. The highest BCUT2D eigenvalue weighted by Crippen LogP contribution is 2.33. The van der Waals surface area contributed by atoms with Crippen molar-refractivity contribution < 1.29 is 23.4 Å². The number of nitriles is 1. The first-order valence-electron chi connectivity index (χ1n) is 7.27. The molecule has 0 radical (unpaired) electrons. The minimum atomic E-state index is -2.95. The number of ether oxygens (including phenoxy) is 1. The minimum absolute atomic E-state index is 0.0175. The summed E-state index contributed by atoms with van der Waals surface area (Å²) in [7, 11) is 1.26. The molecule has 136 valence electrons. The third-order valence-electron chi connectivity index (χ3n) is 3.67. The maximum Gasteiger partial charge on any atom is 0.252 e. The van der Waals surface area contributed by atoms with Crippen LogP contribution in [0, 0.1) is 11.3 Å². The van der Waals surface area contributed by atoms with Crippen LogP contribution in [0.4, 0.5) is 8.78 Å². The predicted molar refractivity (Wildman–Crippen MR) is 87.1 cm³/mol. The largest absolute Gasteiger partial charge is 0.548 e. The Labute approximate surface area is 151 Å². The van der Waals surface area contributed by atoms with Crippen LogP contribution in [0.15, 0.2) is 35.3 Å². The maximum atomic E-state index is 12.6. The highest BCUT2D eigenvalue weighted by Gasteiger charge is 2.22. The number of carboxylic acids is 1. The number of carboxylic acid groups (broad SMARTS) is 1. The number of nitrogens with zero attached hydrogens (tertiary/aromatic N) is 2. The molecule has 2 aromatic rings. The lowest BCUT2D eigenvalue weighted by atomic mass is 10.00. The van der Waals surface area contributed by atoms with Crippen molar-refractivity contribution in [1.82, 2.24) is 4.57 Å². The van der Waals surface area contributed by atoms with E-state index >= 15 is 0 Å². The maximum absolute atomic E-state index is 12.6. The van der Waals surface area contributed by atoms with Crippen LogP contribution in [-0.4, -0.2) is 24.1 Å². The van der Waals surface area contributed by atoms with Crippen molar-refractivity contribution in [3.05, 3.63) is 51.4 Å². The molecule has 2 rings (SSSR count). The summed E-state index contributed by atoms with van der Waals surface area (Å²) in [5.41, 5.74) is -0.185. The van der Waals surface area contributed by atoms with Gasteiger partial charge in [-0.3, -0.25) is 4.79 Å². The molecule has 0 N–H and O–H groups in total. The third-order valence-corrected chi connectivity index (χ3v) is 3.90. The van der Waals surface area contributed by atoms with Gasteiger partial charge in [0.1, 0.15) is 5.75 Å². The van der Waals surface area contributed by atoms with Crippen molar-refractivity contribution in [2.45, 2.75) is 18.9 Å². The first-order chi connectivity index (χ1) is 12.3. The van der Waals surface area contributed by atoms with Crippen LogP contribution in [0.5, 0.6) is 5.75 Å². The lowest BCUT2D eigenvalue weighted by Crippen LogP contribution is -2.39. The third kappa shape index (κ3) is 4.00. The molecule has 0 aliphatic heterocycles. The molecule has 0 amide bonds. The second kappa shape index (κ2) is 7.97. The van der Waals surface area contributed by atoms with Crippen LogP contribution >= 0.6 is 11.6 Å². The van der Waals surface area contributed by atoms with E-state index in [4.69, 9.17) is 16.3 Å². The standard InChI is InChI=1S/C17H13ClF2N2O4/c1-26-14-8-22(13(17(24)25)6-15(19)20)16(23)5-12(14)11-4-10(18)3-2-9(11)7-21/h2-5,8,13,15H,6H2,1H3,(H,24,25)/p-1. The SMILES string of the molecule is COc1cn(C(CC(F)F)C(=O)[O-])c(=O)cc1-c1cc(Cl)ccc1C#N. The van der Waals surface area contributed by atoms with Gasteiger partial charge in [-0.1, -0.05) is 11.6 Å². The molecule has 0 fully saturated rings. The van der Waals surface area contributed by atoms with E-state index in [1.807, 2.05) is 6.07 Å². The van der Waals surface area contributed by atoms with Gasteiger partial charge in [0.15, 0.2) is 0 Å². The van der Waals surface area contributed by atoms with E-state index in [2.05, 4.69) is 0 Å². The van der Waals surface area contributed by atoms with Gasteiger partial charge >= 0.3 is 0 Å². The quantitative estimate of drug-likeness (QED) is 0.762. The summed E-state index contributed by atoms with van der Waals surface area (Å²) in [5, 5.41) is 20.7. The molecule has 1 aromatic heterocycles. The van der Waals surface area contributed by atoms with Crippen molar-refractivity contribution >= 4 is 17.6 Å². The Kier molecular flexibility index (Phi) is 5.95. The highest BCUT2D eigenvalue weighted by atomic mass is 35.5. The van der Waals surface area contributed by atoms with E-state index in [1.165, 1.54) is 25.3 Å². The molecule has 0 saturated heterocycles. The van der Waals surface area contributed by atoms with Gasteiger partial charge < -0.3 is 19.2 Å². The van der Waals surface area contributed by atoms with E-state index < -0.39 is 30.4 Å². The molecule has 0 aliphatic carbocycles. The minimum Gasteiger partial charge on any atom is -0.548 e. The smallest absolute Gasteiger partial charge is 0.252 e. The molecular formula is C17H12ClF2N2O4-. The number of aromatic nitrogens is 1. The summed E-state index contributed by atoms with van der Waals surface area (Å²) in [4.78, 5) is 23.5. The summed E-state index contributed by atoms with van der Waals surface area (Å²) >= 11 is 5.94. The molecule has 0 spiro atoms. The summed E-state index contributed by atoms with van der Waals surface area (Å²) in [6.45, 7) is 0. The molecule has 0 aliphatic rings. The molecule has 6 nitrogen and oxygen atoms in total. The van der Waals surface area contributed by atoms with Crippen LogP contribution in [0.3, 0.4) is 0 Å². The van der Waals surface area contributed by atoms with Crippen LogP contribution in [-0.2, 0) is 4.79 Å². The zero-order chi connectivity index (χ0) is 19.4. The predicted octanol–water partition coefficient (Wildman–Crippen LogP) is 2.00. The van der Waals surface area contributed by atoms with Crippen LogP contribution < -0.4 is 15.4 Å². The van der Waals surface area contributed by atoms with Gasteiger partial charge in [0.25, 0.3) is 5.56 Å². The number of methoxy groups -OCH3 is 1. The molecule has 9 heteroatoms. The second-order valence-electron chi connectivity index (χ2n) is 5.26. The fraction of sp³-hybridized carbons (Fsp3) is 0.235. The zero-order valence-corrected chi connectivity index (χ0v) is 14.2. The normalized spacial score (nSPS) is 11.8. The van der Waals surface area contributed by atoms with Crippen molar-refractivity contribution in [1.29, 1.82) is 5.26 Å². The average Bonchev–Trinajstić information content (AvgIpc) is 2.59. The summed E-state index contributed by atoms with van der Waals surface area (Å²) < 4.78 is 31.1. The number of rotatable bonds is 6. The molecule has 0 saturated carbocycles. The highest BCUT2D eigenvalue weighted by molar-refractivity contribution is 6.31. The first-order valence-corrected chi connectivity index (χ1v) is 7.65. The second-order valence-corrected chi connectivity index (χ2v) is 5.70. The van der Waals surface area contributed by atoms with Gasteiger partial charge in [-0.15, -0.1) is 0 Å². The van der Waals surface area contributed by atoms with Crippen molar-refractivity contribution in [3.8, 4) is 22.9 Å². The number of alkyl halides is 2. The van der Waals surface area contributed by atoms with Crippen molar-refractivity contribution in [2.24, 2.45) is 0 Å². The van der Waals surface area contributed by atoms with E-state index in [0.717, 1.165) is 12.3 Å². The van der Waals surface area contributed by atoms with Crippen molar-refractivity contribution in [2.75, 3.05) is 7.11 Å². The fourth-order valence-electron chi connectivity index (χ4n) is 2.47. The average molecular weight is 382 g/mol. The molecular weight excluding hydrogens is 370 g/mol. The van der Waals surface area contributed by atoms with E-state index in [-0.39, 0.29) is 16.9 Å². The van der Waals surface area contributed by atoms with Crippen LogP contribution in [0.25, 0.3) is 11.1 Å². The van der Waals surface area contributed by atoms with Gasteiger partial charge in [-0.25, -0.2) is 8.78 Å². The van der Waals surface area contributed by atoms with Gasteiger partial charge in [0.2, 0.25) is 6.43 Å². The summed E-state index contributed by atoms with van der Waals surface area (Å²) in [6.07, 6.45) is -3.04. The Morgan fingerprint density at radius 2 is 2.08 bits per heavy atom. The van der Waals surface area contributed by atoms with E-state index in [9.17, 15) is 28.7 Å². The molecule has 1 aromatic carbocycles. The topological polar surface area (TPSA) is 95.2 Å². The number of carbonyl (C=O) groups excluding carboxylic acids is 1. The number of pyridine rings is 1. The monoisotopic (exact) mass is 381 g/mol. The Balaban J connectivity index is 2.69. The number of halogens is 3. The number of carbonyl (C=O) groups is 1. The molecule has 26 heavy (non-hydrogen) atoms. The lowest BCUT2D eigenvalue weighted by molar-refractivity contribution is -0.311. The fourth-order valence-corrected chi connectivity index (χ4v) is 2.65. The molecule has 1 heterocycles. The number of aliphatic carboxylic acids is 1. The van der Waals surface area contributed by atoms with Gasteiger partial charge in [0.05, 0.1) is 37.0 Å². The van der Waals surface area contributed by atoms with Crippen molar-refractivity contribution in [3.63, 3.8) is 0 Å². The lowest BCUT2D eigenvalue weighted by Gasteiger charge is -2.22. The van der Waals surface area contributed by atoms with Crippen LogP contribution in [0.2, 0.25) is 5.02 Å². The van der Waals surface area contributed by atoms with E-state index in [0.29, 0.717) is 15.2 Å². The number of benzene rings is 1. The molecule has 0 bridgehead atoms. The van der Waals surface area contributed by atoms with Gasteiger partial charge in [0, 0.05) is 28.6 Å². The summed E-state index contributed by atoms with van der Waals surface area (Å²) in [6, 6.07) is 5.47. The molecule has 1 unspecified atom stereocenters. The molecule has 1 atom stereocenters. The van der Waals surface area contributed by atoms with Crippen LogP contribution in [0.1, 0.15) is 18.0 Å².